The van der Waals surface area contributed by atoms with Gasteiger partial charge in [0.2, 0.25) is 0 Å². The number of H-pyrrole nitrogens is 1. The van der Waals surface area contributed by atoms with Crippen molar-refractivity contribution in [2.75, 3.05) is 26.2 Å². The van der Waals surface area contributed by atoms with Crippen molar-refractivity contribution in [1.29, 1.82) is 0 Å². The molecule has 39 heavy (non-hydrogen) atoms. The average Bonchev–Trinajstić information content (AvgIpc) is 3.32. The molecule has 4 heterocycles. The molecule has 1 spiro atoms. The largest absolute Gasteiger partial charge is 0.494 e. The standard InChI is InChI=1S/C28H28FN5O5/c1-27(2,3)25-28(14-34(25)26(37)38)12-33(13-28)20(35)11-39-32-22-16-6-4-5-7-18(16)30-23(22)21-17-10-15(29)8-9-19(17)31-24(21)36/h4-10,25,31,36H,11-14H2,1-3H3,(H,37,38)/b32-22+. The molecule has 0 aliphatic carbocycles. The third-order valence-corrected chi connectivity index (χ3v) is 7.74. The smallest absolute Gasteiger partial charge is 0.407 e. The summed E-state index contributed by atoms with van der Waals surface area (Å²) in [5.41, 5.74) is 2.22. The predicted molar refractivity (Wildman–Crippen MR) is 142 cm³/mol. The number of oxime groups is 1. The molecule has 2 amide bonds. The second kappa shape index (κ2) is 8.55. The number of nitrogens with zero attached hydrogens (tertiary/aromatic N) is 4. The number of aromatic hydroxyl groups is 1. The first-order valence-electron chi connectivity index (χ1n) is 12.6. The maximum atomic E-state index is 14.0. The molecule has 1 unspecified atom stereocenters. The monoisotopic (exact) mass is 533 g/mol. The van der Waals surface area contributed by atoms with Gasteiger partial charge in [-0.15, -0.1) is 0 Å². The Kier molecular flexibility index (Phi) is 5.46. The van der Waals surface area contributed by atoms with Crippen LogP contribution in [0.1, 0.15) is 31.9 Å². The van der Waals surface area contributed by atoms with E-state index < -0.39 is 11.9 Å². The van der Waals surface area contributed by atoms with Gasteiger partial charge in [-0.25, -0.2) is 14.2 Å². The molecule has 3 aromatic rings. The molecular formula is C28H28FN5O5. The van der Waals surface area contributed by atoms with Crippen molar-refractivity contribution in [3.05, 3.63) is 59.4 Å². The minimum Gasteiger partial charge on any atom is -0.494 e. The van der Waals surface area contributed by atoms with Gasteiger partial charge in [-0.2, -0.15) is 0 Å². The summed E-state index contributed by atoms with van der Waals surface area (Å²) in [5.74, 6) is -0.896. The number of aliphatic imine (C=N–C) groups is 1. The van der Waals surface area contributed by atoms with E-state index in [0.29, 0.717) is 58.8 Å². The lowest BCUT2D eigenvalue weighted by Gasteiger charge is -2.67. The van der Waals surface area contributed by atoms with Gasteiger partial charge in [-0.1, -0.05) is 44.1 Å². The van der Waals surface area contributed by atoms with Crippen LogP contribution in [0.4, 0.5) is 14.9 Å². The SMILES string of the molecule is CC(C)(C)C1N(C(=O)O)CC12CN(C(=O)CO/N=C1/C(c3c(O)[nH]c4ccc(F)cc34)=Nc3ccccc31)C2. The third kappa shape index (κ3) is 3.91. The van der Waals surface area contributed by atoms with E-state index in [9.17, 15) is 24.2 Å². The quantitative estimate of drug-likeness (QED) is 0.435. The number of hydrogen-bond acceptors (Lipinski definition) is 6. The van der Waals surface area contributed by atoms with Crippen LogP contribution in [-0.4, -0.2) is 80.7 Å². The first-order valence-corrected chi connectivity index (χ1v) is 12.6. The van der Waals surface area contributed by atoms with Gasteiger partial charge in [0.25, 0.3) is 5.91 Å². The first-order chi connectivity index (χ1) is 18.5. The van der Waals surface area contributed by atoms with Gasteiger partial charge in [0.15, 0.2) is 12.5 Å². The highest BCUT2D eigenvalue weighted by Crippen LogP contribution is 2.52. The summed E-state index contributed by atoms with van der Waals surface area (Å²) in [6.07, 6.45) is -0.942. The maximum Gasteiger partial charge on any atom is 0.407 e. The Hall–Kier alpha value is -4.41. The maximum absolute atomic E-state index is 14.0. The molecule has 2 fully saturated rings. The Labute approximate surface area is 223 Å². The van der Waals surface area contributed by atoms with E-state index in [4.69, 9.17) is 4.84 Å². The molecule has 0 bridgehead atoms. The van der Waals surface area contributed by atoms with Crippen molar-refractivity contribution in [2.24, 2.45) is 21.0 Å². The van der Waals surface area contributed by atoms with E-state index in [1.807, 2.05) is 32.9 Å². The third-order valence-electron chi connectivity index (χ3n) is 7.74. The van der Waals surface area contributed by atoms with Gasteiger partial charge in [-0.05, 0) is 29.7 Å². The van der Waals surface area contributed by atoms with Crippen LogP contribution in [0.25, 0.3) is 10.9 Å². The highest BCUT2D eigenvalue weighted by molar-refractivity contribution is 6.58. The van der Waals surface area contributed by atoms with E-state index >= 15 is 0 Å². The lowest BCUT2D eigenvalue weighted by Crippen LogP contribution is -2.81. The van der Waals surface area contributed by atoms with Crippen molar-refractivity contribution >= 4 is 40.0 Å². The number of benzene rings is 2. The first kappa shape index (κ1) is 24.9. The summed E-state index contributed by atoms with van der Waals surface area (Å²) in [6, 6.07) is 11.2. The molecule has 1 aromatic heterocycles. The van der Waals surface area contributed by atoms with Crippen LogP contribution in [0.15, 0.2) is 52.6 Å². The highest BCUT2D eigenvalue weighted by Gasteiger charge is 2.64. The molecule has 3 aliphatic rings. The number of carboxylic acid groups (broad SMARTS) is 1. The molecule has 10 nitrogen and oxygen atoms in total. The molecule has 202 valence electrons. The van der Waals surface area contributed by atoms with Crippen molar-refractivity contribution in [3.63, 3.8) is 0 Å². The number of hydrogen-bond donors (Lipinski definition) is 3. The molecule has 0 saturated carbocycles. The number of carbonyl (C=O) groups excluding carboxylic acids is 1. The Morgan fingerprint density at radius 2 is 1.95 bits per heavy atom. The lowest BCUT2D eigenvalue weighted by molar-refractivity contribution is -0.193. The number of aromatic nitrogens is 1. The highest BCUT2D eigenvalue weighted by atomic mass is 19.1. The van der Waals surface area contributed by atoms with Crippen LogP contribution in [0.5, 0.6) is 5.88 Å². The zero-order valence-corrected chi connectivity index (χ0v) is 21.7. The lowest BCUT2D eigenvalue weighted by atomic mass is 9.58. The predicted octanol–water partition coefficient (Wildman–Crippen LogP) is 4.10. The van der Waals surface area contributed by atoms with Gasteiger partial charge in [-0.3, -0.25) is 4.79 Å². The number of aromatic amines is 1. The number of carbonyl (C=O) groups is 2. The Bertz CT molecular complexity index is 1580. The number of amides is 2. The van der Waals surface area contributed by atoms with Crippen LogP contribution >= 0.6 is 0 Å². The Morgan fingerprint density at radius 3 is 2.67 bits per heavy atom. The number of fused-ring (bicyclic) bond motifs is 2. The minimum absolute atomic E-state index is 0.171. The van der Waals surface area contributed by atoms with Gasteiger partial charge in [0.1, 0.15) is 17.2 Å². The van der Waals surface area contributed by atoms with Crippen LogP contribution in [0.2, 0.25) is 0 Å². The molecule has 1 atom stereocenters. The summed E-state index contributed by atoms with van der Waals surface area (Å²) in [4.78, 5) is 40.6. The molecule has 2 aromatic carbocycles. The fourth-order valence-electron chi connectivity index (χ4n) is 6.43. The second-order valence-corrected chi connectivity index (χ2v) is 11.5. The van der Waals surface area contributed by atoms with Crippen LogP contribution in [0.3, 0.4) is 0 Å². The molecular weight excluding hydrogens is 505 g/mol. The Balaban J connectivity index is 1.20. The second-order valence-electron chi connectivity index (χ2n) is 11.5. The number of likely N-dealkylation sites (tertiary alicyclic amines) is 2. The van der Waals surface area contributed by atoms with Gasteiger partial charge in [0.05, 0.1) is 17.3 Å². The fourth-order valence-corrected chi connectivity index (χ4v) is 6.43. The van der Waals surface area contributed by atoms with Crippen LogP contribution in [-0.2, 0) is 9.63 Å². The van der Waals surface area contributed by atoms with Crippen molar-refractivity contribution in [3.8, 4) is 5.88 Å². The molecule has 6 rings (SSSR count). The van der Waals surface area contributed by atoms with Gasteiger partial charge in [0, 0.05) is 41.5 Å². The normalized spacial score (nSPS) is 20.6. The van der Waals surface area contributed by atoms with Crippen molar-refractivity contribution < 1.29 is 29.0 Å². The molecule has 3 aliphatic heterocycles. The van der Waals surface area contributed by atoms with E-state index in [0.717, 1.165) is 0 Å². The molecule has 3 N–H and O–H groups in total. The molecule has 0 radical (unpaired) electrons. The zero-order chi connectivity index (χ0) is 27.7. The zero-order valence-electron chi connectivity index (χ0n) is 21.7. The summed E-state index contributed by atoms with van der Waals surface area (Å²) in [7, 11) is 0. The van der Waals surface area contributed by atoms with Gasteiger partial charge >= 0.3 is 6.09 Å². The number of nitrogens with one attached hydrogen (secondary N) is 1. The van der Waals surface area contributed by atoms with Crippen molar-refractivity contribution in [2.45, 2.75) is 26.8 Å². The van der Waals surface area contributed by atoms with E-state index in [1.54, 1.807) is 17.0 Å². The van der Waals surface area contributed by atoms with Crippen LogP contribution in [0, 0.1) is 16.6 Å². The molecule has 2 saturated heterocycles. The number of halogens is 1. The minimum atomic E-state index is -0.942. The summed E-state index contributed by atoms with van der Waals surface area (Å²) in [5, 5.41) is 24.9. The average molecular weight is 534 g/mol. The van der Waals surface area contributed by atoms with E-state index in [1.165, 1.54) is 23.1 Å². The summed E-state index contributed by atoms with van der Waals surface area (Å²) < 4.78 is 14.0. The summed E-state index contributed by atoms with van der Waals surface area (Å²) in [6.45, 7) is 7.04. The van der Waals surface area contributed by atoms with E-state index in [2.05, 4.69) is 15.1 Å². The van der Waals surface area contributed by atoms with Crippen molar-refractivity contribution in [1.82, 2.24) is 14.8 Å². The Morgan fingerprint density at radius 1 is 1.21 bits per heavy atom. The van der Waals surface area contributed by atoms with Crippen LogP contribution < -0.4 is 0 Å². The molecule has 11 heteroatoms. The number of rotatable bonds is 4. The topological polar surface area (TPSA) is 131 Å². The van der Waals surface area contributed by atoms with Gasteiger partial charge < -0.3 is 29.8 Å². The summed E-state index contributed by atoms with van der Waals surface area (Å²) >= 11 is 0. The van der Waals surface area contributed by atoms with E-state index in [-0.39, 0.29) is 35.3 Å². The fraction of sp³-hybridized carbons (Fsp3) is 0.357. The number of para-hydroxylation sites is 1.